The van der Waals surface area contributed by atoms with E-state index in [-0.39, 0.29) is 0 Å². The molecule has 162 valence electrons. The third-order valence-electron chi connectivity index (χ3n) is 5.25. The molecule has 2 heterocycles. The molecule has 0 amide bonds. The zero-order valence-corrected chi connectivity index (χ0v) is 16.9. The largest absolute Gasteiger partial charge is 0.476 e. The van der Waals surface area contributed by atoms with Gasteiger partial charge in [0.05, 0.1) is 12.2 Å². The standard InChI is InChI=1S/C23H23F3N4O/c24-23(25,26)19-7-4-8-20(17-19)29-12-14-30(15-13-29)21-9-10-22(28-27-21)31-16-11-18-5-2-1-3-6-18/h1-10,17H,11-16H2. The van der Waals surface area contributed by atoms with E-state index in [9.17, 15) is 13.2 Å². The van der Waals surface area contributed by atoms with Gasteiger partial charge in [-0.25, -0.2) is 0 Å². The minimum absolute atomic E-state index is 0.474. The normalized spacial score (nSPS) is 14.5. The molecule has 0 atom stereocenters. The Morgan fingerprint density at radius 2 is 1.55 bits per heavy atom. The molecule has 2 aromatic carbocycles. The summed E-state index contributed by atoms with van der Waals surface area (Å²) in [4.78, 5) is 4.03. The maximum atomic E-state index is 13.0. The highest BCUT2D eigenvalue weighted by Crippen LogP contribution is 2.32. The Morgan fingerprint density at radius 1 is 0.806 bits per heavy atom. The van der Waals surface area contributed by atoms with Gasteiger partial charge in [0.25, 0.3) is 0 Å². The highest BCUT2D eigenvalue weighted by atomic mass is 19.4. The van der Waals surface area contributed by atoms with Gasteiger partial charge in [0, 0.05) is 44.4 Å². The SMILES string of the molecule is FC(F)(F)c1cccc(N2CCN(c3ccc(OCCc4ccccc4)nn3)CC2)c1. The lowest BCUT2D eigenvalue weighted by atomic mass is 10.1. The van der Waals surface area contributed by atoms with E-state index in [0.29, 0.717) is 44.4 Å². The second-order valence-electron chi connectivity index (χ2n) is 7.34. The van der Waals surface area contributed by atoms with Gasteiger partial charge in [0.15, 0.2) is 5.82 Å². The molecule has 1 aromatic heterocycles. The summed E-state index contributed by atoms with van der Waals surface area (Å²) in [6, 6.07) is 19.2. The number of nitrogens with zero attached hydrogens (tertiary/aromatic N) is 4. The summed E-state index contributed by atoms with van der Waals surface area (Å²) in [6.07, 6.45) is -3.54. The molecule has 5 nitrogen and oxygen atoms in total. The first-order valence-corrected chi connectivity index (χ1v) is 10.2. The molecule has 0 unspecified atom stereocenters. The van der Waals surface area contributed by atoms with Crippen molar-refractivity contribution in [1.82, 2.24) is 10.2 Å². The van der Waals surface area contributed by atoms with Crippen LogP contribution in [0.15, 0.2) is 66.7 Å². The molecule has 1 saturated heterocycles. The Morgan fingerprint density at radius 3 is 2.23 bits per heavy atom. The highest BCUT2D eigenvalue weighted by molar-refractivity contribution is 5.51. The quantitative estimate of drug-likeness (QED) is 0.581. The van der Waals surface area contributed by atoms with E-state index in [1.807, 2.05) is 29.2 Å². The van der Waals surface area contributed by atoms with Crippen LogP contribution in [-0.2, 0) is 12.6 Å². The maximum Gasteiger partial charge on any atom is 0.416 e. The van der Waals surface area contributed by atoms with Crippen molar-refractivity contribution in [1.29, 1.82) is 0 Å². The van der Waals surface area contributed by atoms with Crippen molar-refractivity contribution in [3.63, 3.8) is 0 Å². The highest BCUT2D eigenvalue weighted by Gasteiger charge is 2.31. The smallest absolute Gasteiger partial charge is 0.416 e. The summed E-state index contributed by atoms with van der Waals surface area (Å²) in [5, 5.41) is 8.40. The van der Waals surface area contributed by atoms with Crippen molar-refractivity contribution in [2.45, 2.75) is 12.6 Å². The van der Waals surface area contributed by atoms with Crippen LogP contribution in [0.3, 0.4) is 0 Å². The Labute approximate surface area is 179 Å². The first-order chi connectivity index (χ1) is 15.0. The summed E-state index contributed by atoms with van der Waals surface area (Å²) in [5.41, 5.74) is 1.16. The first-order valence-electron chi connectivity index (χ1n) is 10.2. The predicted octanol–water partition coefficient (Wildman–Crippen LogP) is 4.44. The number of hydrogen-bond acceptors (Lipinski definition) is 5. The fourth-order valence-corrected chi connectivity index (χ4v) is 3.55. The minimum atomic E-state index is -4.33. The summed E-state index contributed by atoms with van der Waals surface area (Å²) in [5.74, 6) is 1.21. The molecule has 31 heavy (non-hydrogen) atoms. The van der Waals surface area contributed by atoms with Crippen LogP contribution in [0.2, 0.25) is 0 Å². The number of piperazine rings is 1. The average molecular weight is 428 g/mol. The number of halogens is 3. The van der Waals surface area contributed by atoms with Gasteiger partial charge in [0.1, 0.15) is 0 Å². The van der Waals surface area contributed by atoms with Gasteiger partial charge in [0.2, 0.25) is 5.88 Å². The van der Waals surface area contributed by atoms with Gasteiger partial charge in [-0.15, -0.1) is 10.2 Å². The molecule has 0 spiro atoms. The van der Waals surface area contributed by atoms with E-state index < -0.39 is 11.7 Å². The molecular formula is C23H23F3N4O. The van der Waals surface area contributed by atoms with Crippen LogP contribution in [0.1, 0.15) is 11.1 Å². The van der Waals surface area contributed by atoms with Crippen LogP contribution in [-0.4, -0.2) is 43.0 Å². The Balaban J connectivity index is 1.29. The van der Waals surface area contributed by atoms with Gasteiger partial charge in [-0.3, -0.25) is 0 Å². The van der Waals surface area contributed by atoms with E-state index in [1.165, 1.54) is 17.7 Å². The number of hydrogen-bond donors (Lipinski definition) is 0. The molecule has 1 fully saturated rings. The van der Waals surface area contributed by atoms with Gasteiger partial charge < -0.3 is 14.5 Å². The van der Waals surface area contributed by atoms with Crippen molar-refractivity contribution < 1.29 is 17.9 Å². The van der Waals surface area contributed by atoms with Gasteiger partial charge in [-0.2, -0.15) is 13.2 Å². The summed E-state index contributed by atoms with van der Waals surface area (Å²) in [6.45, 7) is 3.04. The first kappa shape index (κ1) is 21.0. The van der Waals surface area contributed by atoms with Crippen LogP contribution in [0.25, 0.3) is 0 Å². The number of alkyl halides is 3. The average Bonchev–Trinajstić information content (AvgIpc) is 2.80. The lowest BCUT2D eigenvalue weighted by molar-refractivity contribution is -0.137. The number of aromatic nitrogens is 2. The number of benzene rings is 2. The van der Waals surface area contributed by atoms with Crippen molar-refractivity contribution >= 4 is 11.5 Å². The number of anilines is 2. The predicted molar refractivity (Wildman–Crippen MR) is 114 cm³/mol. The Hall–Kier alpha value is -3.29. The van der Waals surface area contributed by atoms with Crippen LogP contribution in [0.5, 0.6) is 5.88 Å². The molecule has 0 radical (unpaired) electrons. The van der Waals surface area contributed by atoms with Crippen molar-refractivity contribution in [2.24, 2.45) is 0 Å². The number of rotatable bonds is 6. The number of ether oxygens (including phenoxy) is 1. The lowest BCUT2D eigenvalue weighted by Crippen LogP contribution is -2.47. The molecule has 0 bridgehead atoms. The van der Waals surface area contributed by atoms with E-state index in [0.717, 1.165) is 18.3 Å². The molecule has 0 N–H and O–H groups in total. The molecule has 1 aliphatic heterocycles. The van der Waals surface area contributed by atoms with Crippen LogP contribution < -0.4 is 14.5 Å². The van der Waals surface area contributed by atoms with Gasteiger partial charge in [-0.05, 0) is 29.8 Å². The maximum absolute atomic E-state index is 13.0. The molecular weight excluding hydrogens is 405 g/mol. The summed E-state index contributed by atoms with van der Waals surface area (Å²) < 4.78 is 44.6. The zero-order valence-electron chi connectivity index (χ0n) is 16.9. The topological polar surface area (TPSA) is 41.5 Å². The van der Waals surface area contributed by atoms with E-state index in [2.05, 4.69) is 27.2 Å². The van der Waals surface area contributed by atoms with E-state index in [4.69, 9.17) is 4.74 Å². The van der Waals surface area contributed by atoms with Crippen LogP contribution in [0, 0.1) is 0 Å². The monoisotopic (exact) mass is 428 g/mol. The minimum Gasteiger partial charge on any atom is -0.476 e. The fraction of sp³-hybridized carbons (Fsp3) is 0.304. The second-order valence-corrected chi connectivity index (χ2v) is 7.34. The molecule has 4 rings (SSSR count). The van der Waals surface area contributed by atoms with Crippen molar-refractivity contribution in [3.05, 3.63) is 77.9 Å². The Bertz CT molecular complexity index is 972. The molecule has 0 saturated carbocycles. The molecule has 3 aromatic rings. The van der Waals surface area contributed by atoms with E-state index >= 15 is 0 Å². The molecule has 1 aliphatic rings. The Kier molecular flexibility index (Phi) is 6.25. The van der Waals surface area contributed by atoms with Crippen molar-refractivity contribution in [3.8, 4) is 5.88 Å². The zero-order chi connectivity index (χ0) is 21.7. The third-order valence-corrected chi connectivity index (χ3v) is 5.25. The van der Waals surface area contributed by atoms with Gasteiger partial charge in [-0.1, -0.05) is 36.4 Å². The molecule has 8 heteroatoms. The molecule has 0 aliphatic carbocycles. The van der Waals surface area contributed by atoms with Crippen LogP contribution in [0.4, 0.5) is 24.7 Å². The fourth-order valence-electron chi connectivity index (χ4n) is 3.55. The van der Waals surface area contributed by atoms with E-state index in [1.54, 1.807) is 12.1 Å². The summed E-state index contributed by atoms with van der Waals surface area (Å²) in [7, 11) is 0. The van der Waals surface area contributed by atoms with Crippen molar-refractivity contribution in [2.75, 3.05) is 42.6 Å². The van der Waals surface area contributed by atoms with Crippen LogP contribution >= 0.6 is 0 Å². The third kappa shape index (κ3) is 5.45. The van der Waals surface area contributed by atoms with Gasteiger partial charge >= 0.3 is 6.18 Å². The second kappa shape index (κ2) is 9.24. The summed E-state index contributed by atoms with van der Waals surface area (Å²) >= 11 is 0. The lowest BCUT2D eigenvalue weighted by Gasteiger charge is -2.36.